The van der Waals surface area contributed by atoms with E-state index >= 15 is 0 Å². The Morgan fingerprint density at radius 3 is 2.48 bits per heavy atom. The van der Waals surface area contributed by atoms with Crippen molar-refractivity contribution >= 4 is 27.1 Å². The number of carbonyl (C=O) groups excluding carboxylic acids is 1. The van der Waals surface area contributed by atoms with Gasteiger partial charge < -0.3 is 10.6 Å². The molecule has 0 atom stereocenters. The van der Waals surface area contributed by atoms with Gasteiger partial charge in [0.25, 0.3) is 0 Å². The Kier molecular flexibility index (Phi) is 5.72. The fourth-order valence-electron chi connectivity index (χ4n) is 2.20. The zero-order valence-corrected chi connectivity index (χ0v) is 14.2. The predicted octanol–water partition coefficient (Wildman–Crippen LogP) is 2.35. The number of benzene rings is 2. The molecule has 2 aromatic rings. The van der Waals surface area contributed by atoms with Gasteiger partial charge in [-0.1, -0.05) is 18.2 Å². The molecule has 0 saturated heterocycles. The summed E-state index contributed by atoms with van der Waals surface area (Å²) in [5.74, 6) is -1.29. The van der Waals surface area contributed by atoms with Crippen LogP contribution in [0.3, 0.4) is 0 Å². The summed E-state index contributed by atoms with van der Waals surface area (Å²) in [4.78, 5) is 11.5. The third kappa shape index (κ3) is 5.02. The van der Waals surface area contributed by atoms with Crippen LogP contribution in [0.1, 0.15) is 5.56 Å². The molecule has 0 aliphatic carbocycles. The summed E-state index contributed by atoms with van der Waals surface area (Å²) in [5.41, 5.74) is 1.40. The minimum atomic E-state index is -3.78. The van der Waals surface area contributed by atoms with Crippen LogP contribution in [0, 0.1) is 17.1 Å². The van der Waals surface area contributed by atoms with Gasteiger partial charge in [-0.15, -0.1) is 0 Å². The average molecular weight is 361 g/mol. The Labute approximate surface area is 145 Å². The van der Waals surface area contributed by atoms with E-state index in [9.17, 15) is 17.6 Å². The smallest absolute Gasteiger partial charge is 0.243 e. The average Bonchev–Trinajstić information content (AvgIpc) is 2.54. The molecule has 0 aliphatic rings. The van der Waals surface area contributed by atoms with E-state index in [1.807, 2.05) is 6.07 Å². The minimum absolute atomic E-state index is 0.0296. The molecular weight excluding hydrogens is 345 g/mol. The maximum Gasteiger partial charge on any atom is 0.243 e. The van der Waals surface area contributed by atoms with Crippen LogP contribution in [0.5, 0.6) is 0 Å². The van der Waals surface area contributed by atoms with Crippen molar-refractivity contribution in [3.8, 4) is 6.07 Å². The highest BCUT2D eigenvalue weighted by Gasteiger charge is 2.19. The first kappa shape index (κ1) is 18.4. The third-order valence-electron chi connectivity index (χ3n) is 3.30. The number of rotatable bonds is 6. The predicted molar refractivity (Wildman–Crippen MR) is 92.4 cm³/mol. The van der Waals surface area contributed by atoms with Crippen molar-refractivity contribution < 1.29 is 17.6 Å². The Balaban J connectivity index is 2.04. The topological polar surface area (TPSA) is 99.1 Å². The van der Waals surface area contributed by atoms with Crippen LogP contribution in [0.4, 0.5) is 15.8 Å². The first-order valence-corrected chi connectivity index (χ1v) is 9.18. The van der Waals surface area contributed by atoms with Gasteiger partial charge in [-0.3, -0.25) is 4.79 Å². The van der Waals surface area contributed by atoms with Gasteiger partial charge in [0, 0.05) is 11.9 Å². The molecule has 2 aromatic carbocycles. The van der Waals surface area contributed by atoms with E-state index in [1.165, 1.54) is 12.1 Å². The number of anilines is 2. The Bertz CT molecular complexity index is 919. The van der Waals surface area contributed by atoms with Crippen molar-refractivity contribution in [2.24, 2.45) is 0 Å². The van der Waals surface area contributed by atoms with Gasteiger partial charge in [-0.05, 0) is 29.8 Å². The minimum Gasteiger partial charge on any atom is -0.375 e. The fraction of sp³-hybridized carbons (Fsp3) is 0.176. The van der Waals surface area contributed by atoms with E-state index < -0.39 is 26.5 Å². The molecule has 8 heteroatoms. The molecular formula is C17H16FN3O3S. The van der Waals surface area contributed by atoms with Gasteiger partial charge >= 0.3 is 0 Å². The number of hydrogen-bond acceptors (Lipinski definition) is 5. The SMILES string of the molecule is CS(=O)(=O)c1c(F)cccc1NCC(=O)Nc1ccc(CC#N)cc1. The lowest BCUT2D eigenvalue weighted by Gasteiger charge is -2.12. The second-order valence-electron chi connectivity index (χ2n) is 5.32. The summed E-state index contributed by atoms with van der Waals surface area (Å²) < 4.78 is 37.2. The fourth-order valence-corrected chi connectivity index (χ4v) is 3.16. The lowest BCUT2D eigenvalue weighted by Crippen LogP contribution is -2.22. The number of amides is 1. The molecule has 0 spiro atoms. The highest BCUT2D eigenvalue weighted by Crippen LogP contribution is 2.24. The van der Waals surface area contributed by atoms with Gasteiger partial charge in [0.05, 0.1) is 24.7 Å². The Morgan fingerprint density at radius 1 is 1.20 bits per heavy atom. The number of halogens is 1. The molecule has 0 radical (unpaired) electrons. The van der Waals surface area contributed by atoms with Crippen LogP contribution < -0.4 is 10.6 Å². The van der Waals surface area contributed by atoms with E-state index in [4.69, 9.17) is 5.26 Å². The highest BCUT2D eigenvalue weighted by atomic mass is 32.2. The maximum absolute atomic E-state index is 13.8. The lowest BCUT2D eigenvalue weighted by atomic mass is 10.1. The van der Waals surface area contributed by atoms with E-state index in [2.05, 4.69) is 10.6 Å². The summed E-state index contributed by atoms with van der Waals surface area (Å²) in [6, 6.07) is 12.6. The quantitative estimate of drug-likeness (QED) is 0.823. The lowest BCUT2D eigenvalue weighted by molar-refractivity contribution is -0.114. The molecule has 0 fully saturated rings. The van der Waals surface area contributed by atoms with Crippen LogP contribution in [0.15, 0.2) is 47.4 Å². The molecule has 1 amide bonds. The molecule has 6 nitrogen and oxygen atoms in total. The number of hydrogen-bond donors (Lipinski definition) is 2. The number of sulfone groups is 1. The first-order chi connectivity index (χ1) is 11.8. The molecule has 25 heavy (non-hydrogen) atoms. The third-order valence-corrected chi connectivity index (χ3v) is 4.45. The van der Waals surface area contributed by atoms with Gasteiger partial charge in [0.1, 0.15) is 10.7 Å². The van der Waals surface area contributed by atoms with Crippen molar-refractivity contribution in [2.75, 3.05) is 23.4 Å². The Morgan fingerprint density at radius 2 is 1.88 bits per heavy atom. The first-order valence-electron chi connectivity index (χ1n) is 7.29. The van der Waals surface area contributed by atoms with Crippen LogP contribution in [0.2, 0.25) is 0 Å². The van der Waals surface area contributed by atoms with Gasteiger partial charge in [-0.25, -0.2) is 12.8 Å². The number of nitriles is 1. The summed E-state index contributed by atoms with van der Waals surface area (Å²) >= 11 is 0. The molecule has 2 N–H and O–H groups in total. The Hall–Kier alpha value is -2.92. The van der Waals surface area contributed by atoms with Crippen LogP contribution in [-0.2, 0) is 21.1 Å². The second-order valence-corrected chi connectivity index (χ2v) is 7.27. The van der Waals surface area contributed by atoms with E-state index in [-0.39, 0.29) is 18.7 Å². The van der Waals surface area contributed by atoms with Gasteiger partial charge in [0.15, 0.2) is 9.84 Å². The molecule has 2 rings (SSSR count). The summed E-state index contributed by atoms with van der Waals surface area (Å²) in [7, 11) is -3.78. The second kappa shape index (κ2) is 7.77. The zero-order valence-electron chi connectivity index (χ0n) is 13.4. The van der Waals surface area contributed by atoms with Crippen molar-refractivity contribution in [3.63, 3.8) is 0 Å². The molecule has 0 unspecified atom stereocenters. The number of carbonyl (C=O) groups is 1. The van der Waals surface area contributed by atoms with Gasteiger partial charge in [0.2, 0.25) is 5.91 Å². The molecule has 0 aromatic heterocycles. The number of nitrogens with zero attached hydrogens (tertiary/aromatic N) is 1. The number of nitrogens with one attached hydrogen (secondary N) is 2. The maximum atomic E-state index is 13.8. The van der Waals surface area contributed by atoms with E-state index in [1.54, 1.807) is 24.3 Å². The molecule has 0 bridgehead atoms. The summed E-state index contributed by atoms with van der Waals surface area (Å²) in [5, 5.41) is 13.9. The molecule has 0 heterocycles. The van der Waals surface area contributed by atoms with Crippen LogP contribution >= 0.6 is 0 Å². The normalized spacial score (nSPS) is 10.8. The monoisotopic (exact) mass is 361 g/mol. The van der Waals surface area contributed by atoms with Crippen LogP contribution in [0.25, 0.3) is 0 Å². The van der Waals surface area contributed by atoms with E-state index in [0.29, 0.717) is 5.69 Å². The van der Waals surface area contributed by atoms with Crippen molar-refractivity contribution in [1.29, 1.82) is 5.26 Å². The van der Waals surface area contributed by atoms with E-state index in [0.717, 1.165) is 17.9 Å². The van der Waals surface area contributed by atoms with Crippen molar-refractivity contribution in [3.05, 3.63) is 53.8 Å². The highest BCUT2D eigenvalue weighted by molar-refractivity contribution is 7.90. The van der Waals surface area contributed by atoms with Gasteiger partial charge in [-0.2, -0.15) is 5.26 Å². The largest absolute Gasteiger partial charge is 0.375 e. The van der Waals surface area contributed by atoms with Crippen LogP contribution in [-0.4, -0.2) is 27.1 Å². The zero-order chi connectivity index (χ0) is 18.4. The molecule has 0 saturated carbocycles. The molecule has 130 valence electrons. The van der Waals surface area contributed by atoms with Crippen molar-refractivity contribution in [1.82, 2.24) is 0 Å². The summed E-state index contributed by atoms with van der Waals surface area (Å²) in [6.07, 6.45) is 1.18. The standard InChI is InChI=1S/C17H16FN3O3S/c1-25(23,24)17-14(18)3-2-4-15(17)20-11-16(22)21-13-7-5-12(6-8-13)9-10-19/h2-8,20H,9,11H2,1H3,(H,21,22). The van der Waals surface area contributed by atoms with Crippen molar-refractivity contribution in [2.45, 2.75) is 11.3 Å². The molecule has 0 aliphatic heterocycles. The summed E-state index contributed by atoms with van der Waals surface area (Å²) in [6.45, 7) is -0.230.